The molecule has 0 heterocycles. The van der Waals surface area contributed by atoms with Gasteiger partial charge < -0.3 is 26.0 Å². The van der Waals surface area contributed by atoms with Crippen LogP contribution in [0, 0.1) is 0 Å². The van der Waals surface area contributed by atoms with E-state index in [0.29, 0.717) is 0 Å². The number of aliphatic hydroxyl groups is 1. The lowest BCUT2D eigenvalue weighted by Crippen LogP contribution is -2.46. The number of rotatable bonds is 6. The number of aromatic hydroxyl groups is 1. The smallest absolute Gasteiger partial charge is 0.336 e. The van der Waals surface area contributed by atoms with E-state index in [1.165, 1.54) is 12.1 Å². The van der Waals surface area contributed by atoms with Gasteiger partial charge in [0.15, 0.2) is 6.10 Å². The maximum Gasteiger partial charge on any atom is 0.336 e. The maximum atomic E-state index is 11.7. The topological polar surface area (TPSA) is 122 Å². The van der Waals surface area contributed by atoms with E-state index in [0.717, 1.165) is 12.7 Å². The summed E-state index contributed by atoms with van der Waals surface area (Å²) >= 11 is 0. The number of benzene rings is 1. The molecular weight excluding hydrogens is 264 g/mol. The summed E-state index contributed by atoms with van der Waals surface area (Å²) < 4.78 is 4.32. The van der Waals surface area contributed by atoms with E-state index >= 15 is 0 Å². The maximum absolute atomic E-state index is 11.7. The van der Waals surface area contributed by atoms with Gasteiger partial charge in [0.2, 0.25) is 5.91 Å². The fourth-order valence-corrected chi connectivity index (χ4v) is 1.53. The van der Waals surface area contributed by atoms with Gasteiger partial charge in [-0.3, -0.25) is 4.79 Å². The van der Waals surface area contributed by atoms with Crippen molar-refractivity contribution in [3.8, 4) is 5.75 Å². The number of hydrogen-bond acceptors (Lipinski definition) is 6. The largest absolute Gasteiger partial charge is 0.508 e. The molecule has 0 bridgehead atoms. The third-order valence-corrected chi connectivity index (χ3v) is 2.67. The van der Waals surface area contributed by atoms with Crippen LogP contribution in [0.3, 0.4) is 0 Å². The molecule has 0 fully saturated rings. The Bertz CT molecular complexity index is 460. The molecule has 1 rings (SSSR count). The first-order valence-corrected chi connectivity index (χ1v) is 6.01. The van der Waals surface area contributed by atoms with Crippen LogP contribution < -0.4 is 11.1 Å². The van der Waals surface area contributed by atoms with Gasteiger partial charge in [0.05, 0.1) is 19.7 Å². The van der Waals surface area contributed by atoms with Gasteiger partial charge >= 0.3 is 5.97 Å². The van der Waals surface area contributed by atoms with Crippen LogP contribution in [0.25, 0.3) is 0 Å². The number of aliphatic hydroxyl groups excluding tert-OH is 1. The summed E-state index contributed by atoms with van der Waals surface area (Å²) in [5.74, 6) is -1.17. The molecule has 1 unspecified atom stereocenters. The fraction of sp³-hybridized carbons (Fsp3) is 0.385. The van der Waals surface area contributed by atoms with Gasteiger partial charge in [-0.1, -0.05) is 12.1 Å². The van der Waals surface area contributed by atoms with Gasteiger partial charge in [0.1, 0.15) is 5.75 Å². The van der Waals surface area contributed by atoms with Crippen molar-refractivity contribution in [3.63, 3.8) is 0 Å². The number of esters is 1. The van der Waals surface area contributed by atoms with Crippen molar-refractivity contribution in [2.45, 2.75) is 18.6 Å². The molecule has 110 valence electrons. The molecule has 1 aromatic carbocycles. The van der Waals surface area contributed by atoms with Crippen LogP contribution in [0.1, 0.15) is 5.56 Å². The zero-order valence-corrected chi connectivity index (χ0v) is 11.1. The van der Waals surface area contributed by atoms with E-state index in [1.54, 1.807) is 12.1 Å². The molecule has 0 aliphatic heterocycles. The van der Waals surface area contributed by atoms with Crippen molar-refractivity contribution in [2.75, 3.05) is 13.7 Å². The predicted octanol–water partition coefficient (Wildman–Crippen LogP) is -1.09. The molecule has 0 spiro atoms. The van der Waals surface area contributed by atoms with Crippen molar-refractivity contribution < 1.29 is 24.5 Å². The molecule has 0 aromatic heterocycles. The van der Waals surface area contributed by atoms with E-state index < -0.39 is 24.0 Å². The molecule has 0 aliphatic carbocycles. The number of hydrogen-bond donors (Lipinski definition) is 4. The van der Waals surface area contributed by atoms with Gasteiger partial charge in [-0.25, -0.2) is 4.79 Å². The molecule has 0 radical (unpaired) electrons. The lowest BCUT2D eigenvalue weighted by atomic mass is 10.1. The molecule has 7 heteroatoms. The monoisotopic (exact) mass is 282 g/mol. The number of methoxy groups -OCH3 is 1. The Kier molecular flexibility index (Phi) is 5.95. The van der Waals surface area contributed by atoms with Crippen molar-refractivity contribution >= 4 is 11.9 Å². The molecular formula is C13H18N2O5. The standard InChI is InChI=1S/C13H18N2O5/c1-20-13(19)11(17)7-15-12(18)10(14)6-8-2-4-9(16)5-3-8/h2-5,10-11,16-17H,6-7,14H2,1H3,(H,15,18)/t10-,11?/m1/s1. The molecule has 7 nitrogen and oxygen atoms in total. The molecule has 0 saturated heterocycles. The Hall–Kier alpha value is -2.12. The van der Waals surface area contributed by atoms with E-state index in [9.17, 15) is 14.7 Å². The number of phenols is 1. The molecule has 1 amide bonds. The normalized spacial score (nSPS) is 13.3. The van der Waals surface area contributed by atoms with E-state index in [-0.39, 0.29) is 18.7 Å². The molecule has 20 heavy (non-hydrogen) atoms. The van der Waals surface area contributed by atoms with Crippen LogP contribution in [0.2, 0.25) is 0 Å². The second kappa shape index (κ2) is 7.46. The SMILES string of the molecule is COC(=O)C(O)CNC(=O)[C@H](N)Cc1ccc(O)cc1. The Morgan fingerprint density at radius 3 is 2.50 bits per heavy atom. The first-order valence-electron chi connectivity index (χ1n) is 6.01. The van der Waals surface area contributed by atoms with Gasteiger partial charge in [0, 0.05) is 0 Å². The molecule has 1 aromatic rings. The van der Waals surface area contributed by atoms with Crippen molar-refractivity contribution in [3.05, 3.63) is 29.8 Å². The Labute approximate surface area is 116 Å². The molecule has 2 atom stereocenters. The second-order valence-corrected chi connectivity index (χ2v) is 4.26. The highest BCUT2D eigenvalue weighted by atomic mass is 16.5. The van der Waals surface area contributed by atoms with Crippen molar-refractivity contribution in [1.82, 2.24) is 5.32 Å². The van der Waals surface area contributed by atoms with Crippen LogP contribution in [0.4, 0.5) is 0 Å². The molecule has 0 aliphatic rings. The highest BCUT2D eigenvalue weighted by Crippen LogP contribution is 2.10. The minimum absolute atomic E-state index is 0.132. The minimum Gasteiger partial charge on any atom is -0.508 e. The fourth-order valence-electron chi connectivity index (χ4n) is 1.53. The van der Waals surface area contributed by atoms with Gasteiger partial charge in [0.25, 0.3) is 0 Å². The average Bonchev–Trinajstić information content (AvgIpc) is 2.45. The van der Waals surface area contributed by atoms with Crippen molar-refractivity contribution in [1.29, 1.82) is 0 Å². The summed E-state index contributed by atoms with van der Waals surface area (Å²) in [6.07, 6.45) is -1.13. The Morgan fingerprint density at radius 1 is 1.35 bits per heavy atom. The first kappa shape index (κ1) is 15.9. The van der Waals surface area contributed by atoms with Crippen LogP contribution >= 0.6 is 0 Å². The number of ether oxygens (including phenoxy) is 1. The minimum atomic E-state index is -1.41. The third kappa shape index (κ3) is 4.87. The highest BCUT2D eigenvalue weighted by Gasteiger charge is 2.19. The van der Waals surface area contributed by atoms with Crippen molar-refractivity contribution in [2.24, 2.45) is 5.73 Å². The summed E-state index contributed by atoms with van der Waals surface area (Å²) in [6, 6.07) is 5.50. The summed E-state index contributed by atoms with van der Waals surface area (Å²) in [6.45, 7) is -0.255. The summed E-state index contributed by atoms with van der Waals surface area (Å²) in [5.41, 5.74) is 6.50. The quantitative estimate of drug-likeness (QED) is 0.492. The third-order valence-electron chi connectivity index (χ3n) is 2.67. The lowest BCUT2D eigenvalue weighted by Gasteiger charge is -2.14. The van der Waals surface area contributed by atoms with Crippen LogP contribution in [-0.4, -0.2) is 47.9 Å². The number of carbonyl (C=O) groups excluding carboxylic acids is 2. The van der Waals surface area contributed by atoms with E-state index in [4.69, 9.17) is 10.8 Å². The molecule has 5 N–H and O–H groups in total. The first-order chi connectivity index (χ1) is 9.43. The van der Waals surface area contributed by atoms with E-state index in [1.807, 2.05) is 0 Å². The van der Waals surface area contributed by atoms with Crippen LogP contribution in [0.5, 0.6) is 5.75 Å². The zero-order valence-electron chi connectivity index (χ0n) is 11.1. The Morgan fingerprint density at radius 2 is 1.95 bits per heavy atom. The van der Waals surface area contributed by atoms with Gasteiger partial charge in [-0.05, 0) is 24.1 Å². The predicted molar refractivity (Wildman–Crippen MR) is 70.8 cm³/mol. The zero-order chi connectivity index (χ0) is 15.1. The number of amides is 1. The highest BCUT2D eigenvalue weighted by molar-refractivity contribution is 5.83. The van der Waals surface area contributed by atoms with Crippen LogP contribution in [-0.2, 0) is 20.7 Å². The summed E-state index contributed by atoms with van der Waals surface area (Å²) in [5, 5.41) is 20.8. The lowest BCUT2D eigenvalue weighted by molar-refractivity contribution is -0.150. The van der Waals surface area contributed by atoms with Gasteiger partial charge in [-0.15, -0.1) is 0 Å². The number of carbonyl (C=O) groups is 2. The van der Waals surface area contributed by atoms with Crippen LogP contribution in [0.15, 0.2) is 24.3 Å². The average molecular weight is 282 g/mol. The number of phenolic OH excluding ortho intramolecular Hbond substituents is 1. The second-order valence-electron chi connectivity index (χ2n) is 4.26. The number of nitrogens with two attached hydrogens (primary N) is 1. The van der Waals surface area contributed by atoms with E-state index in [2.05, 4.69) is 10.1 Å². The summed E-state index contributed by atoms with van der Waals surface area (Å²) in [7, 11) is 1.14. The Balaban J connectivity index is 2.43. The van der Waals surface area contributed by atoms with Gasteiger partial charge in [-0.2, -0.15) is 0 Å². The molecule has 0 saturated carbocycles. The number of nitrogens with one attached hydrogen (secondary N) is 1. The summed E-state index contributed by atoms with van der Waals surface area (Å²) in [4.78, 5) is 22.6.